The minimum Gasteiger partial charge on any atom is -0.359 e. The maximum atomic E-state index is 13.2. The Hall–Kier alpha value is -2.52. The van der Waals surface area contributed by atoms with E-state index in [0.717, 1.165) is 24.5 Å². The van der Waals surface area contributed by atoms with Crippen LogP contribution >= 0.6 is 0 Å². The number of anilines is 1. The number of halogens is 1. The lowest BCUT2D eigenvalue weighted by atomic mass is 10.0. The highest BCUT2D eigenvalue weighted by Gasteiger charge is 2.32. The van der Waals surface area contributed by atoms with Crippen LogP contribution in [-0.2, 0) is 10.0 Å². The molecule has 0 bridgehead atoms. The molecule has 26 heavy (non-hydrogen) atoms. The number of rotatable bonds is 5. The Labute approximate surface area is 150 Å². The van der Waals surface area contributed by atoms with Crippen LogP contribution in [0.1, 0.15) is 24.4 Å². The highest BCUT2D eigenvalue weighted by atomic mass is 32.2. The highest BCUT2D eigenvalue weighted by Crippen LogP contribution is 2.41. The number of hydrogen-bond acceptors (Lipinski definition) is 5. The minimum atomic E-state index is -3.78. The van der Waals surface area contributed by atoms with E-state index in [1.807, 2.05) is 4.90 Å². The lowest BCUT2D eigenvalue weighted by Crippen LogP contribution is -2.24. The Kier molecular flexibility index (Phi) is 4.92. The van der Waals surface area contributed by atoms with Crippen LogP contribution in [0.15, 0.2) is 47.4 Å². The van der Waals surface area contributed by atoms with Gasteiger partial charge in [-0.1, -0.05) is 12.1 Å². The van der Waals surface area contributed by atoms with Crippen molar-refractivity contribution >= 4 is 21.4 Å². The molecule has 2 aromatic rings. The number of nitro benzene ring substituents is 1. The monoisotopic (exact) mass is 379 g/mol. The molecular weight excluding hydrogens is 361 g/mol. The van der Waals surface area contributed by atoms with Gasteiger partial charge in [0.2, 0.25) is 10.0 Å². The third kappa shape index (κ3) is 3.40. The molecular formula is C17H18FN3O4S. The molecule has 0 aliphatic carbocycles. The number of benzene rings is 2. The van der Waals surface area contributed by atoms with Gasteiger partial charge in [0.05, 0.1) is 15.9 Å². The summed E-state index contributed by atoms with van der Waals surface area (Å²) in [6, 6.07) is 9.83. The number of hydrogen-bond donors (Lipinski definition) is 1. The minimum absolute atomic E-state index is 0.124. The summed E-state index contributed by atoms with van der Waals surface area (Å²) in [6.45, 7) is 0.598. The van der Waals surface area contributed by atoms with E-state index in [1.165, 1.54) is 31.3 Å². The third-order valence-corrected chi connectivity index (χ3v) is 5.95. The van der Waals surface area contributed by atoms with E-state index in [2.05, 4.69) is 4.72 Å². The summed E-state index contributed by atoms with van der Waals surface area (Å²) < 4.78 is 39.2. The first-order valence-electron chi connectivity index (χ1n) is 8.07. The van der Waals surface area contributed by atoms with Gasteiger partial charge in [-0.25, -0.2) is 17.5 Å². The van der Waals surface area contributed by atoms with Crippen molar-refractivity contribution < 1.29 is 17.7 Å². The predicted molar refractivity (Wildman–Crippen MR) is 95.1 cm³/mol. The second kappa shape index (κ2) is 7.00. The normalized spacial score (nSPS) is 17.5. The zero-order valence-electron chi connectivity index (χ0n) is 14.1. The summed E-state index contributed by atoms with van der Waals surface area (Å²) in [7, 11) is -2.53. The SMILES string of the molecule is CNS(=O)(=O)c1ccc(N2CCCC2c2ccc(F)cc2)c([N+](=O)[O-])c1. The Bertz CT molecular complexity index is 932. The molecule has 9 heteroatoms. The average Bonchev–Trinajstić information content (AvgIpc) is 3.11. The Balaban J connectivity index is 2.04. The van der Waals surface area contributed by atoms with Gasteiger partial charge in [0.1, 0.15) is 11.5 Å². The maximum Gasteiger partial charge on any atom is 0.293 e. The molecule has 1 saturated heterocycles. The van der Waals surface area contributed by atoms with E-state index in [4.69, 9.17) is 0 Å². The van der Waals surface area contributed by atoms with Crippen LogP contribution in [0.2, 0.25) is 0 Å². The lowest BCUT2D eigenvalue weighted by molar-refractivity contribution is -0.384. The van der Waals surface area contributed by atoms with E-state index in [-0.39, 0.29) is 22.4 Å². The molecule has 0 saturated carbocycles. The fourth-order valence-electron chi connectivity index (χ4n) is 3.26. The van der Waals surface area contributed by atoms with Crippen molar-refractivity contribution in [2.75, 3.05) is 18.5 Å². The van der Waals surface area contributed by atoms with E-state index in [9.17, 15) is 22.9 Å². The van der Waals surface area contributed by atoms with Gasteiger partial charge >= 0.3 is 0 Å². The average molecular weight is 379 g/mol. The van der Waals surface area contributed by atoms with Gasteiger partial charge in [0.15, 0.2) is 0 Å². The fourth-order valence-corrected chi connectivity index (χ4v) is 4.01. The zero-order chi connectivity index (χ0) is 18.9. The highest BCUT2D eigenvalue weighted by molar-refractivity contribution is 7.89. The van der Waals surface area contributed by atoms with Crippen LogP contribution in [0.5, 0.6) is 0 Å². The smallest absolute Gasteiger partial charge is 0.293 e. The Morgan fingerprint density at radius 1 is 1.23 bits per heavy atom. The van der Waals surface area contributed by atoms with Crippen molar-refractivity contribution in [2.24, 2.45) is 0 Å². The Morgan fingerprint density at radius 3 is 2.54 bits per heavy atom. The topological polar surface area (TPSA) is 92.6 Å². The van der Waals surface area contributed by atoms with E-state index < -0.39 is 14.9 Å². The number of nitro groups is 1. The molecule has 1 unspecified atom stereocenters. The maximum absolute atomic E-state index is 13.2. The number of nitrogens with one attached hydrogen (secondary N) is 1. The first-order chi connectivity index (χ1) is 12.3. The lowest BCUT2D eigenvalue weighted by Gasteiger charge is -2.27. The summed E-state index contributed by atoms with van der Waals surface area (Å²) in [5.41, 5.74) is 0.956. The van der Waals surface area contributed by atoms with Gasteiger partial charge in [0, 0.05) is 12.6 Å². The molecule has 2 aromatic carbocycles. The number of sulfonamides is 1. The van der Waals surface area contributed by atoms with Crippen molar-refractivity contribution in [3.05, 3.63) is 64.0 Å². The van der Waals surface area contributed by atoms with Gasteiger partial charge in [-0.05, 0) is 49.7 Å². The third-order valence-electron chi connectivity index (χ3n) is 4.54. The second-order valence-electron chi connectivity index (χ2n) is 6.02. The van der Waals surface area contributed by atoms with Crippen LogP contribution in [0.3, 0.4) is 0 Å². The molecule has 0 amide bonds. The molecule has 3 rings (SSSR count). The molecule has 7 nitrogen and oxygen atoms in total. The van der Waals surface area contributed by atoms with Gasteiger partial charge < -0.3 is 4.90 Å². The van der Waals surface area contributed by atoms with Crippen LogP contribution in [0.4, 0.5) is 15.8 Å². The summed E-state index contributed by atoms with van der Waals surface area (Å²) in [5.74, 6) is -0.342. The van der Waals surface area contributed by atoms with Crippen LogP contribution in [-0.4, -0.2) is 26.9 Å². The summed E-state index contributed by atoms with van der Waals surface area (Å²) in [5, 5.41) is 11.5. The van der Waals surface area contributed by atoms with Gasteiger partial charge in [0.25, 0.3) is 5.69 Å². The zero-order valence-corrected chi connectivity index (χ0v) is 14.9. The van der Waals surface area contributed by atoms with Crippen molar-refractivity contribution in [3.63, 3.8) is 0 Å². The van der Waals surface area contributed by atoms with Crippen molar-refractivity contribution in [2.45, 2.75) is 23.8 Å². The standard InChI is InChI=1S/C17H18FN3O4S/c1-19-26(24,25)14-8-9-16(17(11-14)21(22)23)20-10-2-3-15(20)12-4-6-13(18)7-5-12/h4-9,11,15,19H,2-3,10H2,1H3. The summed E-state index contributed by atoms with van der Waals surface area (Å²) >= 11 is 0. The molecule has 138 valence electrons. The van der Waals surface area contributed by atoms with Crippen molar-refractivity contribution in [1.82, 2.24) is 4.72 Å². The molecule has 0 radical (unpaired) electrons. The largest absolute Gasteiger partial charge is 0.359 e. The summed E-state index contributed by atoms with van der Waals surface area (Å²) in [6.07, 6.45) is 1.61. The van der Waals surface area contributed by atoms with E-state index >= 15 is 0 Å². The van der Waals surface area contributed by atoms with E-state index in [1.54, 1.807) is 12.1 Å². The van der Waals surface area contributed by atoms with Gasteiger partial charge in [-0.15, -0.1) is 0 Å². The fraction of sp³-hybridized carbons (Fsp3) is 0.294. The van der Waals surface area contributed by atoms with Crippen LogP contribution in [0, 0.1) is 15.9 Å². The molecule has 1 heterocycles. The Morgan fingerprint density at radius 2 is 1.92 bits per heavy atom. The number of nitrogens with zero attached hydrogens (tertiary/aromatic N) is 2. The molecule has 1 atom stereocenters. The first-order valence-corrected chi connectivity index (χ1v) is 9.56. The van der Waals surface area contributed by atoms with Crippen molar-refractivity contribution in [1.29, 1.82) is 0 Å². The van der Waals surface area contributed by atoms with Crippen molar-refractivity contribution in [3.8, 4) is 0 Å². The molecule has 1 N–H and O–H groups in total. The molecule has 1 aliphatic heterocycles. The second-order valence-corrected chi connectivity index (χ2v) is 7.90. The first kappa shape index (κ1) is 18.3. The van der Waals surface area contributed by atoms with E-state index in [0.29, 0.717) is 12.2 Å². The summed E-state index contributed by atoms with van der Waals surface area (Å²) in [4.78, 5) is 12.7. The molecule has 0 aromatic heterocycles. The van der Waals surface area contributed by atoms with Crippen LogP contribution in [0.25, 0.3) is 0 Å². The van der Waals surface area contributed by atoms with Gasteiger partial charge in [-0.2, -0.15) is 0 Å². The van der Waals surface area contributed by atoms with Gasteiger partial charge in [-0.3, -0.25) is 10.1 Å². The quantitative estimate of drug-likeness (QED) is 0.637. The molecule has 0 spiro atoms. The predicted octanol–water partition coefficient (Wildman–Crippen LogP) is 2.98. The molecule has 1 fully saturated rings. The molecule has 1 aliphatic rings. The van der Waals surface area contributed by atoms with Crippen LogP contribution < -0.4 is 9.62 Å².